The van der Waals surface area contributed by atoms with Gasteiger partial charge in [-0.3, -0.25) is 9.69 Å². The van der Waals surface area contributed by atoms with Crippen LogP contribution in [0.4, 0.5) is 5.13 Å². The van der Waals surface area contributed by atoms with Crippen LogP contribution in [0.25, 0.3) is 10.2 Å². The summed E-state index contributed by atoms with van der Waals surface area (Å²) < 4.78 is 1.14. The fraction of sp³-hybridized carbons (Fsp3) is 0.391. The van der Waals surface area contributed by atoms with Gasteiger partial charge in [-0.15, -0.1) is 24.2 Å². The number of aryl methyl sites for hydroxylation is 1. The van der Waals surface area contributed by atoms with Crippen molar-refractivity contribution in [2.75, 3.05) is 37.8 Å². The average molecular weight is 464 g/mol. The summed E-state index contributed by atoms with van der Waals surface area (Å²) in [5.41, 5.74) is 2.98. The molecule has 2 aromatic carbocycles. The number of nitrogens with zero attached hydrogens (tertiary/aromatic N) is 3. The summed E-state index contributed by atoms with van der Waals surface area (Å²) in [7, 11) is 4.11. The van der Waals surface area contributed by atoms with Crippen LogP contribution in [-0.2, 0) is 6.42 Å². The second-order valence-corrected chi connectivity index (χ2v) is 9.57. The van der Waals surface area contributed by atoms with Gasteiger partial charge in [-0.25, -0.2) is 4.98 Å². The molecule has 1 amide bonds. The number of rotatable bonds is 9. The van der Waals surface area contributed by atoms with E-state index in [1.807, 2.05) is 23.1 Å². The molecule has 3 aromatic rings. The minimum Gasteiger partial charge on any atom is -0.309 e. The van der Waals surface area contributed by atoms with Gasteiger partial charge in [-0.2, -0.15) is 0 Å². The second kappa shape index (κ2) is 11.7. The molecule has 1 aromatic heterocycles. The SMILES string of the molecule is CCSc1cccc(C(=O)N(CCCN(C)C)c2nc3ccc(CC)cc3s2)c1.Cl. The van der Waals surface area contributed by atoms with Crippen molar-refractivity contribution in [2.24, 2.45) is 0 Å². The van der Waals surface area contributed by atoms with Crippen LogP contribution in [0.2, 0.25) is 0 Å². The molecule has 0 atom stereocenters. The number of fused-ring (bicyclic) bond motifs is 1. The van der Waals surface area contributed by atoms with Gasteiger partial charge >= 0.3 is 0 Å². The Balaban J connectivity index is 0.00000320. The van der Waals surface area contributed by atoms with Gasteiger partial charge in [0.2, 0.25) is 0 Å². The number of thiazole rings is 1. The molecule has 7 heteroatoms. The number of aromatic nitrogens is 1. The summed E-state index contributed by atoms with van der Waals surface area (Å²) in [6.45, 7) is 5.86. The van der Waals surface area contributed by atoms with E-state index in [1.165, 1.54) is 5.56 Å². The van der Waals surface area contributed by atoms with E-state index in [4.69, 9.17) is 4.98 Å². The molecule has 0 aliphatic heterocycles. The number of thioether (sulfide) groups is 1. The molecule has 0 unspecified atom stereocenters. The zero-order valence-electron chi connectivity index (χ0n) is 18.1. The van der Waals surface area contributed by atoms with Crippen LogP contribution in [0.3, 0.4) is 0 Å². The first kappa shape index (κ1) is 24.7. The minimum absolute atomic E-state index is 0. The molecular weight excluding hydrogens is 434 g/mol. The third-order valence-corrected chi connectivity index (χ3v) is 6.62. The summed E-state index contributed by atoms with van der Waals surface area (Å²) in [6.07, 6.45) is 1.90. The van der Waals surface area contributed by atoms with E-state index in [0.29, 0.717) is 6.54 Å². The molecule has 0 aliphatic carbocycles. The van der Waals surface area contributed by atoms with Gasteiger partial charge in [0.1, 0.15) is 0 Å². The van der Waals surface area contributed by atoms with Crippen molar-refractivity contribution in [1.82, 2.24) is 9.88 Å². The third-order valence-electron chi connectivity index (χ3n) is 4.70. The molecule has 0 saturated heterocycles. The normalized spacial score (nSPS) is 11.0. The molecule has 0 fully saturated rings. The first-order chi connectivity index (χ1) is 14.0. The first-order valence-corrected chi connectivity index (χ1v) is 11.9. The number of hydrogen-bond acceptors (Lipinski definition) is 5. The topological polar surface area (TPSA) is 36.4 Å². The van der Waals surface area contributed by atoms with Crippen molar-refractivity contribution in [3.8, 4) is 0 Å². The van der Waals surface area contributed by atoms with Crippen molar-refractivity contribution in [3.05, 3.63) is 53.6 Å². The van der Waals surface area contributed by atoms with Gasteiger partial charge in [0.25, 0.3) is 5.91 Å². The van der Waals surface area contributed by atoms with Gasteiger partial charge in [0.15, 0.2) is 5.13 Å². The van der Waals surface area contributed by atoms with Gasteiger partial charge in [0, 0.05) is 17.0 Å². The second-order valence-electron chi connectivity index (χ2n) is 7.23. The Bertz CT molecular complexity index is 974. The van der Waals surface area contributed by atoms with Crippen LogP contribution in [0, 0.1) is 0 Å². The van der Waals surface area contributed by atoms with E-state index < -0.39 is 0 Å². The van der Waals surface area contributed by atoms with E-state index >= 15 is 0 Å². The van der Waals surface area contributed by atoms with Crippen molar-refractivity contribution in [2.45, 2.75) is 31.6 Å². The maximum Gasteiger partial charge on any atom is 0.260 e. The summed E-state index contributed by atoms with van der Waals surface area (Å²) in [5, 5.41) is 0.783. The maximum atomic E-state index is 13.4. The Hall–Kier alpha value is -1.60. The molecule has 0 bridgehead atoms. The van der Waals surface area contributed by atoms with Crippen LogP contribution in [0.1, 0.15) is 36.2 Å². The van der Waals surface area contributed by atoms with Gasteiger partial charge in [0.05, 0.1) is 10.2 Å². The highest BCUT2D eigenvalue weighted by atomic mass is 35.5. The standard InChI is InChI=1S/C23H29N3OS2.ClH/c1-5-17-11-12-20-21(15-17)29-23(24-20)26(14-8-13-25(3)4)22(27)18-9-7-10-19(16-18)28-6-2;/h7,9-12,15-16H,5-6,8,13-14H2,1-4H3;1H. The summed E-state index contributed by atoms with van der Waals surface area (Å²) in [4.78, 5) is 23.4. The fourth-order valence-corrected chi connectivity index (χ4v) is 4.93. The Morgan fingerprint density at radius 2 is 1.90 bits per heavy atom. The van der Waals surface area contributed by atoms with Crippen LogP contribution in [0.5, 0.6) is 0 Å². The molecule has 3 rings (SSSR count). The van der Waals surface area contributed by atoms with Crippen LogP contribution in [0.15, 0.2) is 47.4 Å². The van der Waals surface area contributed by atoms with Gasteiger partial charge in [-0.1, -0.05) is 37.3 Å². The number of halogens is 1. The van der Waals surface area contributed by atoms with E-state index in [1.54, 1.807) is 23.1 Å². The van der Waals surface area contributed by atoms with Gasteiger partial charge < -0.3 is 4.90 Å². The lowest BCUT2D eigenvalue weighted by atomic mass is 10.2. The summed E-state index contributed by atoms with van der Waals surface area (Å²) in [5.74, 6) is 1.01. The highest BCUT2D eigenvalue weighted by Gasteiger charge is 2.21. The predicted octanol–water partition coefficient (Wildman–Crippen LogP) is 5.99. The number of carbonyl (C=O) groups is 1. The zero-order chi connectivity index (χ0) is 20.8. The number of benzene rings is 2. The molecule has 0 radical (unpaired) electrons. The van der Waals surface area contributed by atoms with Crippen molar-refractivity contribution in [1.29, 1.82) is 0 Å². The van der Waals surface area contributed by atoms with Crippen molar-refractivity contribution >= 4 is 56.8 Å². The first-order valence-electron chi connectivity index (χ1n) is 10.1. The monoisotopic (exact) mass is 463 g/mol. The lowest BCUT2D eigenvalue weighted by Crippen LogP contribution is -2.33. The number of amides is 1. The highest BCUT2D eigenvalue weighted by molar-refractivity contribution is 7.99. The Labute approximate surface area is 194 Å². The third kappa shape index (κ3) is 6.20. The van der Waals surface area contributed by atoms with Crippen molar-refractivity contribution < 1.29 is 4.79 Å². The number of carbonyl (C=O) groups excluding carboxylic acids is 1. The molecule has 4 nitrogen and oxygen atoms in total. The molecule has 1 heterocycles. The lowest BCUT2D eigenvalue weighted by Gasteiger charge is -2.21. The Kier molecular flexibility index (Phi) is 9.62. The lowest BCUT2D eigenvalue weighted by molar-refractivity contribution is 0.0986. The number of anilines is 1. The van der Waals surface area contributed by atoms with Crippen LogP contribution < -0.4 is 4.90 Å². The largest absolute Gasteiger partial charge is 0.309 e. The maximum absolute atomic E-state index is 13.4. The average Bonchev–Trinajstić information content (AvgIpc) is 3.13. The molecule has 162 valence electrons. The van der Waals surface area contributed by atoms with Gasteiger partial charge in [-0.05, 0) is 75.1 Å². The highest BCUT2D eigenvalue weighted by Crippen LogP contribution is 2.31. The van der Waals surface area contributed by atoms with E-state index in [2.05, 4.69) is 57.1 Å². The van der Waals surface area contributed by atoms with Crippen LogP contribution >= 0.6 is 35.5 Å². The summed E-state index contributed by atoms with van der Waals surface area (Å²) in [6, 6.07) is 14.3. The molecule has 0 aliphatic rings. The van der Waals surface area contributed by atoms with Crippen molar-refractivity contribution in [3.63, 3.8) is 0 Å². The molecule has 0 N–H and O–H groups in total. The molecule has 0 spiro atoms. The number of hydrogen-bond donors (Lipinski definition) is 0. The predicted molar refractivity (Wildman–Crippen MR) is 134 cm³/mol. The molecule has 0 saturated carbocycles. The van der Waals surface area contributed by atoms with E-state index in [0.717, 1.165) is 50.9 Å². The summed E-state index contributed by atoms with van der Waals surface area (Å²) >= 11 is 3.36. The zero-order valence-corrected chi connectivity index (χ0v) is 20.5. The quantitative estimate of drug-likeness (QED) is 0.365. The minimum atomic E-state index is 0. The Morgan fingerprint density at radius 1 is 1.10 bits per heavy atom. The smallest absolute Gasteiger partial charge is 0.260 e. The van der Waals surface area contributed by atoms with E-state index in [9.17, 15) is 4.79 Å². The van der Waals surface area contributed by atoms with Crippen LogP contribution in [-0.4, -0.2) is 48.7 Å². The Morgan fingerprint density at radius 3 is 2.60 bits per heavy atom. The molecular formula is C23H30ClN3OS2. The molecule has 30 heavy (non-hydrogen) atoms. The fourth-order valence-electron chi connectivity index (χ4n) is 3.16. The van der Waals surface area contributed by atoms with E-state index in [-0.39, 0.29) is 18.3 Å².